The number of nitrogens with one attached hydrogen (secondary N) is 1. The molecule has 3 heterocycles. The highest BCUT2D eigenvalue weighted by molar-refractivity contribution is 6.16. The number of aromatic amines is 1. The van der Waals surface area contributed by atoms with Gasteiger partial charge in [0.15, 0.2) is 5.82 Å². The van der Waals surface area contributed by atoms with Crippen LogP contribution < -0.4 is 10.5 Å². The number of fused-ring (bicyclic) bond motifs is 1. The summed E-state index contributed by atoms with van der Waals surface area (Å²) in [6.07, 6.45) is -0.196. The quantitative estimate of drug-likeness (QED) is 0.285. The second kappa shape index (κ2) is 7.31. The van der Waals surface area contributed by atoms with Crippen molar-refractivity contribution in [3.63, 3.8) is 0 Å². The van der Waals surface area contributed by atoms with Crippen LogP contribution in [0.1, 0.15) is 15.9 Å². The highest BCUT2D eigenvalue weighted by Crippen LogP contribution is 2.29. The van der Waals surface area contributed by atoms with E-state index >= 15 is 0 Å². The van der Waals surface area contributed by atoms with Gasteiger partial charge in [0, 0.05) is 46.9 Å². The van der Waals surface area contributed by atoms with Crippen LogP contribution in [0.2, 0.25) is 0 Å². The minimum Gasteiger partial charge on any atom is -0.396 e. The number of anilines is 1. The maximum Gasteiger partial charge on any atom is 0.575 e. The number of alkyl halides is 3. The molecule has 0 aliphatic rings. The molecule has 0 aliphatic carbocycles. The lowest BCUT2D eigenvalue weighted by atomic mass is 10.0. The number of carbonyl (C=O) groups excluding carboxylic acids is 1. The molecule has 3 aromatic heterocycles. The van der Waals surface area contributed by atoms with Gasteiger partial charge in [-0.25, -0.2) is 23.7 Å². The topological polar surface area (TPSA) is 107 Å². The molecule has 0 saturated heterocycles. The number of benzene rings is 1. The third-order valence-electron chi connectivity index (χ3n) is 4.29. The van der Waals surface area contributed by atoms with E-state index in [2.05, 4.69) is 24.7 Å². The van der Waals surface area contributed by atoms with Crippen molar-refractivity contribution in [3.05, 3.63) is 65.7 Å². The van der Waals surface area contributed by atoms with Crippen molar-refractivity contribution in [3.8, 4) is 17.1 Å². The number of ether oxygens (including phenoxy) is 1. The van der Waals surface area contributed by atoms with Crippen LogP contribution >= 0.6 is 0 Å². The van der Waals surface area contributed by atoms with E-state index in [0.717, 1.165) is 24.5 Å². The van der Waals surface area contributed by atoms with Crippen molar-refractivity contribution in [2.45, 2.75) is 6.36 Å². The predicted molar refractivity (Wildman–Crippen MR) is 98.0 cm³/mol. The smallest absolute Gasteiger partial charge is 0.396 e. The minimum atomic E-state index is -4.94. The average molecular weight is 435 g/mol. The first-order valence-electron chi connectivity index (χ1n) is 8.47. The first-order valence-corrected chi connectivity index (χ1v) is 8.47. The normalized spacial score (nSPS) is 11.6. The Morgan fingerprint density at radius 3 is 2.39 bits per heavy atom. The first-order chi connectivity index (χ1) is 14.6. The molecule has 0 spiro atoms. The number of nitrogens with zero attached hydrogens (tertiary/aromatic N) is 3. The van der Waals surface area contributed by atoms with Crippen molar-refractivity contribution < 1.29 is 31.5 Å². The molecule has 1 aromatic carbocycles. The van der Waals surface area contributed by atoms with Crippen LogP contribution in [-0.4, -0.2) is 32.1 Å². The van der Waals surface area contributed by atoms with Gasteiger partial charge in [-0.2, -0.15) is 0 Å². The first kappa shape index (κ1) is 20.2. The summed E-state index contributed by atoms with van der Waals surface area (Å²) >= 11 is 0. The number of H-pyrrole nitrogens is 1. The molecule has 31 heavy (non-hydrogen) atoms. The molecule has 158 valence electrons. The summed E-state index contributed by atoms with van der Waals surface area (Å²) in [6, 6.07) is 2.45. The molecule has 0 radical (unpaired) electrons. The van der Waals surface area contributed by atoms with Gasteiger partial charge in [-0.3, -0.25) is 4.79 Å². The molecular weight excluding hydrogens is 425 g/mol. The summed E-state index contributed by atoms with van der Waals surface area (Å²) in [5, 5.41) is 0.222. The Morgan fingerprint density at radius 2 is 1.71 bits per heavy atom. The number of rotatable bonds is 4. The van der Waals surface area contributed by atoms with Crippen LogP contribution in [0.25, 0.3) is 22.2 Å². The summed E-state index contributed by atoms with van der Waals surface area (Å²) in [5.74, 6) is -3.22. The van der Waals surface area contributed by atoms with E-state index in [1.165, 1.54) is 18.5 Å². The molecule has 12 heteroatoms. The standard InChI is InChI=1S/C19H10F5N5O2/c20-12-1-2-13(25)15(21)14(12)16(30)11-7-27-17-10(11)3-8(4-26-17)9-5-28-18(29-6-9)31-19(22,23)24/h1-7H,25H2,(H,26,27). The Hall–Kier alpha value is -4.09. The zero-order chi connectivity index (χ0) is 22.3. The SMILES string of the molecule is Nc1ccc(F)c(C(=O)c2c[nH]c3ncc(-c4cnc(OC(F)(F)F)nc4)cc23)c1F. The number of pyridine rings is 1. The molecule has 0 saturated carbocycles. The fourth-order valence-electron chi connectivity index (χ4n) is 2.88. The van der Waals surface area contributed by atoms with Crippen molar-refractivity contribution in [1.82, 2.24) is 19.9 Å². The zero-order valence-corrected chi connectivity index (χ0v) is 15.2. The predicted octanol–water partition coefficient (Wildman–Crippen LogP) is 4.01. The van der Waals surface area contributed by atoms with Crippen molar-refractivity contribution in [2.24, 2.45) is 0 Å². The molecule has 0 aliphatic heterocycles. The summed E-state index contributed by atoms with van der Waals surface area (Å²) in [7, 11) is 0. The fraction of sp³-hybridized carbons (Fsp3) is 0.0526. The number of carbonyl (C=O) groups is 1. The van der Waals surface area contributed by atoms with E-state index in [9.17, 15) is 26.7 Å². The number of ketones is 1. The Balaban J connectivity index is 1.74. The molecule has 0 fully saturated rings. The third kappa shape index (κ3) is 3.86. The number of nitrogen functional groups attached to an aromatic ring is 1. The lowest BCUT2D eigenvalue weighted by Crippen LogP contribution is -2.18. The number of halogens is 5. The summed E-state index contributed by atoms with van der Waals surface area (Å²) < 4.78 is 68.7. The summed E-state index contributed by atoms with van der Waals surface area (Å²) in [4.78, 5) is 26.6. The van der Waals surface area contributed by atoms with Crippen molar-refractivity contribution >= 4 is 22.5 Å². The number of hydrogen-bond acceptors (Lipinski definition) is 6. The largest absolute Gasteiger partial charge is 0.575 e. The van der Waals surface area contributed by atoms with Gasteiger partial charge in [0.25, 0.3) is 0 Å². The van der Waals surface area contributed by atoms with E-state index < -0.39 is 35.4 Å². The monoisotopic (exact) mass is 435 g/mol. The maximum atomic E-state index is 14.3. The maximum absolute atomic E-state index is 14.3. The van der Waals surface area contributed by atoms with Gasteiger partial charge in [-0.1, -0.05) is 0 Å². The molecule has 0 atom stereocenters. The van der Waals surface area contributed by atoms with Crippen LogP contribution in [0.3, 0.4) is 0 Å². The zero-order valence-electron chi connectivity index (χ0n) is 15.2. The van der Waals surface area contributed by atoms with Crippen LogP contribution in [0, 0.1) is 11.6 Å². The third-order valence-corrected chi connectivity index (χ3v) is 4.29. The van der Waals surface area contributed by atoms with Crippen molar-refractivity contribution in [1.29, 1.82) is 0 Å². The Labute approximate surface area is 169 Å². The van der Waals surface area contributed by atoms with Gasteiger partial charge in [0.2, 0.25) is 5.78 Å². The van der Waals surface area contributed by atoms with E-state index in [-0.39, 0.29) is 27.8 Å². The highest BCUT2D eigenvalue weighted by Gasteiger charge is 2.32. The molecular formula is C19H10F5N5O2. The van der Waals surface area contributed by atoms with Crippen LogP contribution in [0.15, 0.2) is 43.0 Å². The number of aromatic nitrogens is 4. The Bertz CT molecular complexity index is 1300. The molecule has 0 amide bonds. The molecule has 7 nitrogen and oxygen atoms in total. The van der Waals surface area contributed by atoms with Gasteiger partial charge in [-0.05, 0) is 18.2 Å². The average Bonchev–Trinajstić information content (AvgIpc) is 3.13. The molecule has 4 rings (SSSR count). The fourth-order valence-corrected chi connectivity index (χ4v) is 2.88. The second-order valence-corrected chi connectivity index (χ2v) is 6.28. The van der Waals surface area contributed by atoms with E-state index in [0.29, 0.717) is 5.56 Å². The molecule has 0 bridgehead atoms. The van der Waals surface area contributed by atoms with E-state index in [4.69, 9.17) is 5.73 Å². The van der Waals surface area contributed by atoms with Crippen LogP contribution in [-0.2, 0) is 0 Å². The summed E-state index contributed by atoms with van der Waals surface area (Å²) in [6.45, 7) is 0. The van der Waals surface area contributed by atoms with Gasteiger partial charge >= 0.3 is 12.4 Å². The van der Waals surface area contributed by atoms with Gasteiger partial charge in [0.1, 0.15) is 11.5 Å². The second-order valence-electron chi connectivity index (χ2n) is 6.28. The highest BCUT2D eigenvalue weighted by atomic mass is 19.4. The molecule has 3 N–H and O–H groups in total. The van der Waals surface area contributed by atoms with Gasteiger partial charge in [-0.15, -0.1) is 13.2 Å². The minimum absolute atomic E-state index is 0.0781. The number of hydrogen-bond donors (Lipinski definition) is 2. The Morgan fingerprint density at radius 1 is 1.03 bits per heavy atom. The van der Waals surface area contributed by atoms with Gasteiger partial charge in [0.05, 0.1) is 11.3 Å². The molecule has 0 unspecified atom stereocenters. The Kier molecular flexibility index (Phi) is 4.76. The van der Waals surface area contributed by atoms with Gasteiger partial charge < -0.3 is 15.5 Å². The lowest BCUT2D eigenvalue weighted by Gasteiger charge is -2.07. The van der Waals surface area contributed by atoms with Crippen LogP contribution in [0.5, 0.6) is 6.01 Å². The van der Waals surface area contributed by atoms with Crippen molar-refractivity contribution in [2.75, 3.05) is 5.73 Å². The van der Waals surface area contributed by atoms with E-state index in [1.54, 1.807) is 0 Å². The van der Waals surface area contributed by atoms with E-state index in [1.807, 2.05) is 0 Å². The lowest BCUT2D eigenvalue weighted by molar-refractivity contribution is -0.277. The number of nitrogens with two attached hydrogens (primary N) is 1. The van der Waals surface area contributed by atoms with Crippen LogP contribution in [0.4, 0.5) is 27.6 Å². The molecule has 4 aromatic rings. The summed E-state index contributed by atoms with van der Waals surface area (Å²) in [5.41, 5.74) is 5.01.